The number of pyridine rings is 1. The monoisotopic (exact) mass is 685 g/mol. The molecule has 4 heterocycles. The number of carbonyl (C=O) groups is 1. The Bertz CT molecular complexity index is 1830. The second-order valence-electron chi connectivity index (χ2n) is 13.8. The minimum absolute atomic E-state index is 0.0106. The van der Waals surface area contributed by atoms with Crippen molar-refractivity contribution < 1.29 is 18.7 Å². The number of carbonyl (C=O) groups excluding carboxylic acids is 1. The Morgan fingerprint density at radius 2 is 1.88 bits per heavy atom. The molecule has 49 heavy (non-hydrogen) atoms. The molecular formula is C37H41ClFN7O3. The molecule has 1 amide bonds. The molecule has 1 aliphatic carbocycles. The second kappa shape index (κ2) is 13.5. The van der Waals surface area contributed by atoms with Crippen molar-refractivity contribution in [3.8, 4) is 17.4 Å². The van der Waals surface area contributed by atoms with Crippen molar-refractivity contribution in [3.05, 3.63) is 94.3 Å². The average Bonchev–Trinajstić information content (AvgIpc) is 3.04. The van der Waals surface area contributed by atoms with Crippen molar-refractivity contribution in [3.63, 3.8) is 0 Å². The van der Waals surface area contributed by atoms with Gasteiger partial charge in [0, 0.05) is 68.4 Å². The molecule has 10 nitrogen and oxygen atoms in total. The van der Waals surface area contributed by atoms with Crippen molar-refractivity contribution >= 4 is 23.3 Å². The summed E-state index contributed by atoms with van der Waals surface area (Å²) < 4.78 is 27.1. The normalized spacial score (nSPS) is 18.5. The Balaban J connectivity index is 1.01. The van der Waals surface area contributed by atoms with Gasteiger partial charge in [-0.25, -0.2) is 4.39 Å². The summed E-state index contributed by atoms with van der Waals surface area (Å²) in [5.41, 5.74) is 3.79. The molecule has 7 rings (SSSR count). The Hall–Kier alpha value is -4.35. The Morgan fingerprint density at radius 1 is 1.10 bits per heavy atom. The predicted molar refractivity (Wildman–Crippen MR) is 185 cm³/mol. The molecule has 0 bridgehead atoms. The van der Waals surface area contributed by atoms with Gasteiger partial charge in [0.15, 0.2) is 5.82 Å². The third kappa shape index (κ3) is 6.78. The molecule has 3 aliphatic rings. The first kappa shape index (κ1) is 33.2. The third-order valence-electron chi connectivity index (χ3n) is 9.99. The second-order valence-corrected chi connectivity index (χ2v) is 14.2. The van der Waals surface area contributed by atoms with E-state index in [1.54, 1.807) is 4.90 Å². The van der Waals surface area contributed by atoms with Crippen molar-refractivity contribution in [2.24, 2.45) is 5.41 Å². The molecule has 0 N–H and O–H groups in total. The van der Waals surface area contributed by atoms with Gasteiger partial charge in [-0.15, -0.1) is 10.2 Å². The first-order valence-corrected chi connectivity index (χ1v) is 17.3. The minimum Gasteiger partial charge on any atom is -0.490 e. The zero-order valence-electron chi connectivity index (χ0n) is 28.3. The summed E-state index contributed by atoms with van der Waals surface area (Å²) in [7, 11) is 0. The Labute approximate surface area is 291 Å². The maximum absolute atomic E-state index is 14.3. The lowest BCUT2D eigenvalue weighted by Crippen LogP contribution is -2.65. The molecule has 1 saturated heterocycles. The summed E-state index contributed by atoms with van der Waals surface area (Å²) in [5.74, 6) is 0.781. The van der Waals surface area contributed by atoms with Gasteiger partial charge < -0.3 is 19.3 Å². The molecule has 4 aromatic rings. The lowest BCUT2D eigenvalue weighted by atomic mass is 9.61. The minimum atomic E-state index is -0.533. The summed E-state index contributed by atoms with van der Waals surface area (Å²) in [6.45, 7) is 11.6. The number of anilines is 1. The van der Waals surface area contributed by atoms with E-state index in [9.17, 15) is 9.18 Å². The van der Waals surface area contributed by atoms with Crippen LogP contribution in [0.15, 0.2) is 60.8 Å². The van der Waals surface area contributed by atoms with Crippen LogP contribution in [-0.2, 0) is 19.5 Å². The van der Waals surface area contributed by atoms with Gasteiger partial charge in [-0.2, -0.15) is 4.98 Å². The maximum Gasteiger partial charge on any atom is 0.282 e. The van der Waals surface area contributed by atoms with E-state index < -0.39 is 5.82 Å². The zero-order valence-corrected chi connectivity index (χ0v) is 29.0. The quantitative estimate of drug-likeness (QED) is 0.180. The molecule has 1 spiro atoms. The van der Waals surface area contributed by atoms with Crippen molar-refractivity contribution in [1.82, 2.24) is 30.0 Å². The van der Waals surface area contributed by atoms with Crippen LogP contribution in [0.1, 0.15) is 67.7 Å². The van der Waals surface area contributed by atoms with Crippen LogP contribution in [0.25, 0.3) is 0 Å². The van der Waals surface area contributed by atoms with E-state index in [1.165, 1.54) is 29.3 Å². The van der Waals surface area contributed by atoms with Crippen molar-refractivity contribution in [2.75, 3.05) is 24.5 Å². The fraction of sp³-hybridized carbons (Fsp3) is 0.432. The maximum atomic E-state index is 14.3. The molecule has 0 radical (unpaired) electrons. The molecule has 2 aliphatic heterocycles. The molecule has 2 aromatic heterocycles. The van der Waals surface area contributed by atoms with Crippen LogP contribution in [-0.4, -0.2) is 73.7 Å². The van der Waals surface area contributed by atoms with Crippen LogP contribution in [0, 0.1) is 11.2 Å². The van der Waals surface area contributed by atoms with E-state index in [1.807, 2.05) is 33.0 Å². The SMILES string of the molecule is CCN(C(=O)c1cc(F)ccc1Oc1nnc(Cl)nc1N1CC2(CC(Oc3ccnc4c3CN(Cc3ccccc3)C(C)C4)C2)C1)C(C)C. The highest BCUT2D eigenvalue weighted by atomic mass is 35.5. The van der Waals surface area contributed by atoms with Crippen LogP contribution < -0.4 is 14.4 Å². The fourth-order valence-corrected chi connectivity index (χ4v) is 7.55. The van der Waals surface area contributed by atoms with Crippen LogP contribution in [0.2, 0.25) is 5.28 Å². The summed E-state index contributed by atoms with van der Waals surface area (Å²) in [6.07, 6.45) is 4.68. The number of nitrogens with zero attached hydrogens (tertiary/aromatic N) is 7. The van der Waals surface area contributed by atoms with E-state index in [2.05, 4.69) is 62.2 Å². The summed E-state index contributed by atoms with van der Waals surface area (Å²) in [6, 6.07) is 16.8. The predicted octanol–water partition coefficient (Wildman–Crippen LogP) is 6.72. The molecule has 2 aromatic carbocycles. The lowest BCUT2D eigenvalue weighted by Gasteiger charge is -2.58. The molecular weight excluding hydrogens is 645 g/mol. The van der Waals surface area contributed by atoms with E-state index in [4.69, 9.17) is 26.1 Å². The number of hydrogen-bond donors (Lipinski definition) is 0. The van der Waals surface area contributed by atoms with Crippen LogP contribution >= 0.6 is 11.6 Å². The Morgan fingerprint density at radius 3 is 2.61 bits per heavy atom. The molecule has 256 valence electrons. The van der Waals surface area contributed by atoms with Gasteiger partial charge in [0.25, 0.3) is 11.8 Å². The first-order valence-electron chi connectivity index (χ1n) is 17.0. The number of aromatic nitrogens is 4. The molecule has 1 unspecified atom stereocenters. The van der Waals surface area contributed by atoms with E-state index in [-0.39, 0.29) is 45.9 Å². The standard InChI is InChI=1S/C37H41ClFN7O3/c1-5-46(23(2)3)35(47)28-16-26(39)11-12-31(28)49-34-33(41-36(38)43-42-34)45-21-37(22-45)17-27(18-37)48-32-13-14-40-30-15-24(4)44(20-29(30)32)19-25-9-7-6-8-10-25/h6-14,16,23-24,27H,5,15,17-22H2,1-4H3. The Kier molecular flexibility index (Phi) is 9.15. The smallest absolute Gasteiger partial charge is 0.282 e. The van der Waals surface area contributed by atoms with Gasteiger partial charge in [-0.05, 0) is 82.0 Å². The number of hydrogen-bond acceptors (Lipinski definition) is 9. The van der Waals surface area contributed by atoms with E-state index in [0.29, 0.717) is 18.4 Å². The summed E-state index contributed by atoms with van der Waals surface area (Å²) >= 11 is 6.19. The molecule has 1 saturated carbocycles. The number of ether oxygens (including phenoxy) is 2. The summed E-state index contributed by atoms with van der Waals surface area (Å²) in [4.78, 5) is 28.7. The molecule has 2 fully saturated rings. The van der Waals surface area contributed by atoms with Gasteiger partial charge in [0.05, 0.1) is 11.3 Å². The number of amides is 1. The topological polar surface area (TPSA) is 96.8 Å². The first-order chi connectivity index (χ1) is 23.6. The van der Waals surface area contributed by atoms with Gasteiger partial charge in [0.1, 0.15) is 23.4 Å². The highest BCUT2D eigenvalue weighted by Gasteiger charge is 2.54. The van der Waals surface area contributed by atoms with Crippen molar-refractivity contribution in [1.29, 1.82) is 0 Å². The largest absolute Gasteiger partial charge is 0.490 e. The van der Waals surface area contributed by atoms with Crippen LogP contribution in [0.4, 0.5) is 10.2 Å². The van der Waals surface area contributed by atoms with Gasteiger partial charge in [-0.1, -0.05) is 30.3 Å². The van der Waals surface area contributed by atoms with E-state index in [0.717, 1.165) is 56.9 Å². The van der Waals surface area contributed by atoms with Gasteiger partial charge >= 0.3 is 0 Å². The fourth-order valence-electron chi connectivity index (χ4n) is 7.43. The van der Waals surface area contributed by atoms with Gasteiger partial charge in [-0.3, -0.25) is 14.7 Å². The van der Waals surface area contributed by atoms with Crippen LogP contribution in [0.3, 0.4) is 0 Å². The van der Waals surface area contributed by atoms with Crippen molar-refractivity contribution in [2.45, 2.75) is 78.2 Å². The number of benzene rings is 2. The zero-order chi connectivity index (χ0) is 34.3. The highest BCUT2D eigenvalue weighted by Crippen LogP contribution is 2.52. The van der Waals surface area contributed by atoms with E-state index >= 15 is 0 Å². The van der Waals surface area contributed by atoms with Crippen LogP contribution in [0.5, 0.6) is 17.4 Å². The highest BCUT2D eigenvalue weighted by molar-refractivity contribution is 6.28. The number of halogens is 2. The average molecular weight is 686 g/mol. The number of fused-ring (bicyclic) bond motifs is 1. The third-order valence-corrected chi connectivity index (χ3v) is 10.1. The van der Waals surface area contributed by atoms with Gasteiger partial charge in [0.2, 0.25) is 5.28 Å². The molecule has 1 atom stereocenters. The number of rotatable bonds is 10. The summed E-state index contributed by atoms with van der Waals surface area (Å²) in [5, 5.41) is 8.07. The lowest BCUT2D eigenvalue weighted by molar-refractivity contribution is -0.0354. The molecule has 12 heteroatoms.